The summed E-state index contributed by atoms with van der Waals surface area (Å²) in [7, 11) is 0. The number of hydrogen-bond donors (Lipinski definition) is 2. The number of anilines is 3. The molecule has 2 aromatic heterocycles. The van der Waals surface area contributed by atoms with Gasteiger partial charge in [-0.2, -0.15) is 5.10 Å². The molecule has 0 aliphatic carbocycles. The van der Waals surface area contributed by atoms with Gasteiger partial charge in [-0.3, -0.25) is 9.48 Å². The maximum Gasteiger partial charge on any atom is 0.166 e. The van der Waals surface area contributed by atoms with Crippen LogP contribution in [0.25, 0.3) is 10.9 Å². The van der Waals surface area contributed by atoms with E-state index in [1.807, 2.05) is 0 Å². The molecule has 3 N–H and O–H groups in total. The van der Waals surface area contributed by atoms with Crippen molar-refractivity contribution in [1.29, 1.82) is 0 Å². The summed E-state index contributed by atoms with van der Waals surface area (Å²) in [5.74, 6) is -1.53. The zero-order valence-corrected chi connectivity index (χ0v) is 14.3. The zero-order valence-electron chi connectivity index (χ0n) is 14.3. The van der Waals surface area contributed by atoms with E-state index in [1.165, 1.54) is 12.1 Å². The van der Waals surface area contributed by atoms with Crippen molar-refractivity contribution in [1.82, 2.24) is 14.8 Å². The standard InChI is InChI=1S/C18H19F2N5O/c1-2-3-4-5-25-16-8-12(19)7-15(13(16)9-22-25)23-18-11(10-26)6-14(20)17(21)24-18/h6-10H,2-5H2,1H3,(H3,21,23,24). The molecule has 0 spiro atoms. The number of pyridine rings is 1. The average Bonchev–Trinajstić information content (AvgIpc) is 3.01. The second-order valence-electron chi connectivity index (χ2n) is 6.00. The van der Waals surface area contributed by atoms with Crippen molar-refractivity contribution in [3.05, 3.63) is 41.6 Å². The lowest BCUT2D eigenvalue weighted by Gasteiger charge is -2.11. The third-order valence-electron chi connectivity index (χ3n) is 4.11. The second-order valence-corrected chi connectivity index (χ2v) is 6.00. The molecule has 0 aliphatic heterocycles. The monoisotopic (exact) mass is 359 g/mol. The maximum absolute atomic E-state index is 14.1. The molecule has 0 bridgehead atoms. The summed E-state index contributed by atoms with van der Waals surface area (Å²) >= 11 is 0. The van der Waals surface area contributed by atoms with Crippen LogP contribution in [0.15, 0.2) is 24.4 Å². The molecule has 0 saturated carbocycles. The van der Waals surface area contributed by atoms with Gasteiger partial charge in [0.05, 0.1) is 23.0 Å². The van der Waals surface area contributed by atoms with Gasteiger partial charge in [0.15, 0.2) is 17.9 Å². The van der Waals surface area contributed by atoms with Gasteiger partial charge in [0.1, 0.15) is 11.6 Å². The highest BCUT2D eigenvalue weighted by Crippen LogP contribution is 2.29. The molecule has 0 aliphatic rings. The largest absolute Gasteiger partial charge is 0.381 e. The lowest BCUT2D eigenvalue weighted by molar-refractivity contribution is 0.112. The number of nitrogens with two attached hydrogens (primary N) is 1. The Morgan fingerprint density at radius 3 is 2.81 bits per heavy atom. The quantitative estimate of drug-likeness (QED) is 0.491. The Morgan fingerprint density at radius 1 is 1.27 bits per heavy atom. The van der Waals surface area contributed by atoms with Crippen molar-refractivity contribution in [2.24, 2.45) is 0 Å². The van der Waals surface area contributed by atoms with E-state index in [0.717, 1.165) is 25.3 Å². The number of unbranched alkanes of at least 4 members (excludes halogenated alkanes) is 2. The van der Waals surface area contributed by atoms with Crippen molar-refractivity contribution >= 4 is 34.5 Å². The van der Waals surface area contributed by atoms with Crippen LogP contribution in [0.1, 0.15) is 36.5 Å². The number of benzene rings is 1. The summed E-state index contributed by atoms with van der Waals surface area (Å²) in [6, 6.07) is 3.67. The number of aromatic nitrogens is 3. The van der Waals surface area contributed by atoms with Gasteiger partial charge in [-0.1, -0.05) is 19.8 Å². The number of fused-ring (bicyclic) bond motifs is 1. The normalized spacial score (nSPS) is 11.0. The molecule has 26 heavy (non-hydrogen) atoms. The van der Waals surface area contributed by atoms with Gasteiger partial charge in [-0.15, -0.1) is 0 Å². The first-order valence-corrected chi connectivity index (χ1v) is 8.36. The third kappa shape index (κ3) is 3.49. The minimum Gasteiger partial charge on any atom is -0.381 e. The minimum atomic E-state index is -0.786. The number of nitrogen functional groups attached to an aromatic ring is 1. The van der Waals surface area contributed by atoms with Gasteiger partial charge >= 0.3 is 0 Å². The first-order valence-electron chi connectivity index (χ1n) is 8.36. The van der Waals surface area contributed by atoms with E-state index in [0.29, 0.717) is 29.4 Å². The van der Waals surface area contributed by atoms with E-state index in [9.17, 15) is 13.6 Å². The van der Waals surface area contributed by atoms with E-state index in [2.05, 4.69) is 22.3 Å². The number of carbonyl (C=O) groups is 1. The number of halogens is 2. The number of hydrogen-bond acceptors (Lipinski definition) is 5. The predicted octanol–water partition coefficient (Wildman–Crippen LogP) is 4.04. The highest BCUT2D eigenvalue weighted by atomic mass is 19.1. The Balaban J connectivity index is 2.01. The Hall–Kier alpha value is -3.03. The SMILES string of the molecule is CCCCCn1ncc2c(Nc3nc(N)c(F)cc3C=O)cc(F)cc21. The molecule has 0 unspecified atom stereocenters. The fourth-order valence-corrected chi connectivity index (χ4v) is 2.77. The number of rotatable bonds is 7. The van der Waals surface area contributed by atoms with Crippen LogP contribution in [-0.4, -0.2) is 21.1 Å². The minimum absolute atomic E-state index is 0.00977. The summed E-state index contributed by atoms with van der Waals surface area (Å²) in [4.78, 5) is 15.0. The average molecular weight is 359 g/mol. The fourth-order valence-electron chi connectivity index (χ4n) is 2.77. The van der Waals surface area contributed by atoms with Crippen LogP contribution in [0.4, 0.5) is 26.1 Å². The van der Waals surface area contributed by atoms with Crippen LogP contribution in [0.2, 0.25) is 0 Å². The number of nitrogens with one attached hydrogen (secondary N) is 1. The van der Waals surface area contributed by atoms with Crippen molar-refractivity contribution in [2.75, 3.05) is 11.1 Å². The number of nitrogens with zero attached hydrogens (tertiary/aromatic N) is 3. The fraction of sp³-hybridized carbons (Fsp3) is 0.278. The molecule has 1 aromatic carbocycles. The number of aldehydes is 1. The Kier molecular flexibility index (Phi) is 5.11. The van der Waals surface area contributed by atoms with Crippen molar-refractivity contribution in [3.63, 3.8) is 0 Å². The maximum atomic E-state index is 14.1. The molecule has 0 amide bonds. The van der Waals surface area contributed by atoms with E-state index >= 15 is 0 Å². The van der Waals surface area contributed by atoms with Crippen LogP contribution in [-0.2, 0) is 6.54 Å². The van der Waals surface area contributed by atoms with Gasteiger partial charge in [0.25, 0.3) is 0 Å². The highest BCUT2D eigenvalue weighted by molar-refractivity contribution is 5.95. The molecular weight excluding hydrogens is 340 g/mol. The van der Waals surface area contributed by atoms with Crippen LogP contribution < -0.4 is 11.1 Å². The molecule has 3 aromatic rings. The van der Waals surface area contributed by atoms with Crippen molar-refractivity contribution in [2.45, 2.75) is 32.7 Å². The van der Waals surface area contributed by atoms with Crippen LogP contribution in [0.5, 0.6) is 0 Å². The van der Waals surface area contributed by atoms with Gasteiger partial charge in [-0.25, -0.2) is 13.8 Å². The first-order chi connectivity index (χ1) is 12.5. The summed E-state index contributed by atoms with van der Waals surface area (Å²) in [6.07, 6.45) is 5.16. The van der Waals surface area contributed by atoms with Gasteiger partial charge in [0, 0.05) is 11.9 Å². The van der Waals surface area contributed by atoms with Crippen LogP contribution >= 0.6 is 0 Å². The predicted molar refractivity (Wildman–Crippen MR) is 96.5 cm³/mol. The molecule has 0 fully saturated rings. The second kappa shape index (κ2) is 7.47. The summed E-state index contributed by atoms with van der Waals surface area (Å²) < 4.78 is 29.4. The van der Waals surface area contributed by atoms with Gasteiger partial charge < -0.3 is 11.1 Å². The van der Waals surface area contributed by atoms with E-state index in [-0.39, 0.29) is 17.2 Å². The zero-order chi connectivity index (χ0) is 18.7. The molecule has 2 heterocycles. The molecular formula is C18H19F2N5O. The Bertz CT molecular complexity index is 954. The Morgan fingerprint density at radius 2 is 2.08 bits per heavy atom. The summed E-state index contributed by atoms with van der Waals surface area (Å²) in [5, 5.41) is 7.86. The molecule has 6 nitrogen and oxygen atoms in total. The molecule has 8 heteroatoms. The highest BCUT2D eigenvalue weighted by Gasteiger charge is 2.14. The Labute approximate surface area is 149 Å². The van der Waals surface area contributed by atoms with E-state index in [4.69, 9.17) is 5.73 Å². The molecule has 3 rings (SSSR count). The van der Waals surface area contributed by atoms with Gasteiger partial charge in [-0.05, 0) is 24.6 Å². The van der Waals surface area contributed by atoms with E-state index in [1.54, 1.807) is 10.9 Å². The molecule has 0 saturated heterocycles. The topological polar surface area (TPSA) is 85.8 Å². The molecule has 0 radical (unpaired) electrons. The van der Waals surface area contributed by atoms with Crippen molar-refractivity contribution < 1.29 is 13.6 Å². The first kappa shape index (κ1) is 17.8. The molecule has 0 atom stereocenters. The smallest absolute Gasteiger partial charge is 0.166 e. The number of aryl methyl sites for hydroxylation is 1. The van der Waals surface area contributed by atoms with Gasteiger partial charge in [0.2, 0.25) is 0 Å². The lowest BCUT2D eigenvalue weighted by atomic mass is 10.2. The number of carbonyl (C=O) groups excluding carboxylic acids is 1. The summed E-state index contributed by atoms with van der Waals surface area (Å²) in [5.41, 5.74) is 6.48. The summed E-state index contributed by atoms with van der Waals surface area (Å²) in [6.45, 7) is 2.79. The lowest BCUT2D eigenvalue weighted by Crippen LogP contribution is -2.05. The van der Waals surface area contributed by atoms with Crippen LogP contribution in [0.3, 0.4) is 0 Å². The van der Waals surface area contributed by atoms with E-state index < -0.39 is 11.6 Å². The van der Waals surface area contributed by atoms with Crippen LogP contribution in [0, 0.1) is 11.6 Å². The molecule has 136 valence electrons. The van der Waals surface area contributed by atoms with Crippen molar-refractivity contribution in [3.8, 4) is 0 Å². The third-order valence-corrected chi connectivity index (χ3v) is 4.11.